The van der Waals surface area contributed by atoms with E-state index in [-0.39, 0.29) is 0 Å². The van der Waals surface area contributed by atoms with E-state index in [2.05, 4.69) is 62.4 Å². The maximum absolute atomic E-state index is 4.82. The highest BCUT2D eigenvalue weighted by Crippen LogP contribution is 2.33. The van der Waals surface area contributed by atoms with Gasteiger partial charge in [-0.25, -0.2) is 4.98 Å². The molecule has 0 saturated carbocycles. The van der Waals surface area contributed by atoms with Crippen molar-refractivity contribution < 1.29 is 0 Å². The molecule has 0 amide bonds. The molecule has 98 valence electrons. The van der Waals surface area contributed by atoms with E-state index >= 15 is 0 Å². The van der Waals surface area contributed by atoms with Crippen molar-refractivity contribution in [1.29, 1.82) is 0 Å². The molecule has 3 nitrogen and oxygen atoms in total. The van der Waals surface area contributed by atoms with E-state index in [0.717, 1.165) is 16.8 Å². The molecule has 3 rings (SSSR count). The van der Waals surface area contributed by atoms with Crippen molar-refractivity contribution in [2.45, 2.75) is 30.5 Å². The van der Waals surface area contributed by atoms with E-state index in [1.165, 1.54) is 17.3 Å². The largest absolute Gasteiger partial charge is 0.350 e. The summed E-state index contributed by atoms with van der Waals surface area (Å²) < 4.78 is 2.20. The van der Waals surface area contributed by atoms with Crippen LogP contribution in [0.25, 0.3) is 4.96 Å². The van der Waals surface area contributed by atoms with Gasteiger partial charge in [-0.2, -0.15) is 11.8 Å². The molecule has 3 heterocycles. The Morgan fingerprint density at radius 2 is 2.33 bits per heavy atom. The second-order valence-corrected chi connectivity index (χ2v) is 7.50. The average Bonchev–Trinajstić information content (AvgIpc) is 2.92. The average molecular weight is 346 g/mol. The smallest absolute Gasteiger partial charge is 0.195 e. The van der Waals surface area contributed by atoms with Crippen LogP contribution >= 0.6 is 39.0 Å². The molecule has 0 aliphatic carbocycles. The number of hydrogen-bond donors (Lipinski definition) is 0. The number of anilines is 1. The van der Waals surface area contributed by atoms with Gasteiger partial charge in [-0.15, -0.1) is 11.3 Å². The molecule has 0 spiro atoms. The maximum atomic E-state index is 4.82. The van der Waals surface area contributed by atoms with Crippen molar-refractivity contribution in [3.05, 3.63) is 17.3 Å². The lowest BCUT2D eigenvalue weighted by molar-refractivity contribution is 0.620. The Kier molecular flexibility index (Phi) is 3.60. The fraction of sp³-hybridized carbons (Fsp3) is 0.583. The van der Waals surface area contributed by atoms with E-state index in [4.69, 9.17) is 4.98 Å². The molecule has 0 bridgehead atoms. The second-order valence-electron chi connectivity index (χ2n) is 4.58. The molecule has 0 aromatic carbocycles. The van der Waals surface area contributed by atoms with Crippen molar-refractivity contribution in [3.63, 3.8) is 0 Å². The lowest BCUT2D eigenvalue weighted by atomic mass is 10.2. The van der Waals surface area contributed by atoms with Crippen molar-refractivity contribution in [1.82, 2.24) is 9.38 Å². The Balaban J connectivity index is 2.04. The second kappa shape index (κ2) is 5.06. The van der Waals surface area contributed by atoms with Gasteiger partial charge in [0.2, 0.25) is 0 Å². The van der Waals surface area contributed by atoms with E-state index < -0.39 is 0 Å². The zero-order valence-corrected chi connectivity index (χ0v) is 13.7. The van der Waals surface area contributed by atoms with Gasteiger partial charge in [0.25, 0.3) is 0 Å². The number of rotatable bonds is 2. The molecule has 6 heteroatoms. The summed E-state index contributed by atoms with van der Waals surface area (Å²) in [7, 11) is 0. The maximum Gasteiger partial charge on any atom is 0.195 e. The number of aromatic nitrogens is 2. The van der Waals surface area contributed by atoms with Crippen molar-refractivity contribution in [2.75, 3.05) is 17.2 Å². The van der Waals surface area contributed by atoms with Crippen LogP contribution in [0.3, 0.4) is 0 Å². The third kappa shape index (κ3) is 1.98. The van der Waals surface area contributed by atoms with Gasteiger partial charge in [-0.05, 0) is 6.92 Å². The molecule has 2 atom stereocenters. The van der Waals surface area contributed by atoms with E-state index in [1.807, 2.05) is 0 Å². The molecule has 1 aliphatic rings. The van der Waals surface area contributed by atoms with Crippen LogP contribution in [-0.4, -0.2) is 33.0 Å². The normalized spacial score (nSPS) is 24.9. The molecule has 1 saturated heterocycles. The molecule has 1 fully saturated rings. The number of imidazole rings is 1. The highest BCUT2D eigenvalue weighted by Gasteiger charge is 2.29. The molecular formula is C12H16BrN3S2. The quantitative estimate of drug-likeness (QED) is 0.775. The van der Waals surface area contributed by atoms with Gasteiger partial charge >= 0.3 is 0 Å². The van der Waals surface area contributed by atoms with Crippen molar-refractivity contribution in [3.8, 4) is 0 Å². The lowest BCUT2D eigenvalue weighted by Gasteiger charge is -2.38. The first-order chi connectivity index (χ1) is 8.72. The Morgan fingerprint density at radius 3 is 3.11 bits per heavy atom. The summed E-state index contributed by atoms with van der Waals surface area (Å²) >= 11 is 7.37. The number of nitrogens with zero attached hydrogens (tertiary/aromatic N) is 3. The van der Waals surface area contributed by atoms with Gasteiger partial charge in [0.1, 0.15) is 0 Å². The van der Waals surface area contributed by atoms with Crippen LogP contribution in [0.5, 0.6) is 0 Å². The summed E-state index contributed by atoms with van der Waals surface area (Å²) in [6, 6.07) is 0.547. The van der Waals surface area contributed by atoms with Crippen LogP contribution in [0.4, 0.5) is 5.82 Å². The number of thiazole rings is 1. The first-order valence-corrected chi connectivity index (χ1v) is 9.16. The summed E-state index contributed by atoms with van der Waals surface area (Å²) in [5.41, 5.74) is 1.28. The zero-order valence-electron chi connectivity index (χ0n) is 10.5. The fourth-order valence-electron chi connectivity index (χ4n) is 2.41. The molecule has 1 aliphatic heterocycles. The Morgan fingerprint density at radius 1 is 1.50 bits per heavy atom. The van der Waals surface area contributed by atoms with Crippen LogP contribution in [0.15, 0.2) is 11.6 Å². The summed E-state index contributed by atoms with van der Waals surface area (Å²) in [5.74, 6) is 2.36. The zero-order chi connectivity index (χ0) is 12.7. The van der Waals surface area contributed by atoms with Crippen LogP contribution < -0.4 is 4.90 Å². The topological polar surface area (TPSA) is 20.5 Å². The van der Waals surface area contributed by atoms with E-state index in [0.29, 0.717) is 11.3 Å². The predicted octanol–water partition coefficient (Wildman–Crippen LogP) is 3.62. The Labute approximate surface area is 124 Å². The van der Waals surface area contributed by atoms with Crippen LogP contribution in [0.1, 0.15) is 19.5 Å². The SMILES string of the molecule is CC1SCCN(c2nc3sccn3c2CBr)C1C. The van der Waals surface area contributed by atoms with Crippen LogP contribution in [0, 0.1) is 0 Å². The highest BCUT2D eigenvalue weighted by molar-refractivity contribution is 9.08. The van der Waals surface area contributed by atoms with Crippen molar-refractivity contribution in [2.24, 2.45) is 0 Å². The molecule has 0 radical (unpaired) electrons. The molecule has 2 aromatic rings. The Hall–Kier alpha value is -0.200. The third-order valence-electron chi connectivity index (χ3n) is 3.62. The number of hydrogen-bond acceptors (Lipinski definition) is 4. The third-order valence-corrected chi connectivity index (χ3v) is 6.25. The monoisotopic (exact) mass is 345 g/mol. The van der Waals surface area contributed by atoms with Crippen molar-refractivity contribution >= 4 is 49.8 Å². The molecule has 0 N–H and O–H groups in total. The summed E-state index contributed by atoms with van der Waals surface area (Å²) in [6.07, 6.45) is 2.11. The number of alkyl halides is 1. The van der Waals surface area contributed by atoms with Crippen LogP contribution in [0.2, 0.25) is 0 Å². The number of thioether (sulfide) groups is 1. The van der Waals surface area contributed by atoms with Gasteiger partial charge in [0.05, 0.1) is 5.69 Å². The fourth-order valence-corrected chi connectivity index (χ4v) is 4.76. The molecular weight excluding hydrogens is 330 g/mol. The summed E-state index contributed by atoms with van der Waals surface area (Å²) in [5, 5.41) is 3.61. The molecule has 2 unspecified atom stereocenters. The summed E-state index contributed by atoms with van der Waals surface area (Å²) in [4.78, 5) is 8.38. The minimum absolute atomic E-state index is 0.547. The lowest BCUT2D eigenvalue weighted by Crippen LogP contribution is -2.45. The molecule has 2 aromatic heterocycles. The van der Waals surface area contributed by atoms with Gasteiger partial charge in [0, 0.05) is 40.5 Å². The summed E-state index contributed by atoms with van der Waals surface area (Å²) in [6.45, 7) is 5.72. The predicted molar refractivity (Wildman–Crippen MR) is 84.4 cm³/mol. The number of fused-ring (bicyclic) bond motifs is 1. The first-order valence-electron chi connectivity index (χ1n) is 6.11. The standard InChI is InChI=1S/C12H16BrN3S2/c1-8-9(2)17-5-3-15(8)11-10(7-13)16-4-6-18-12(16)14-11/h4,6,8-9H,3,5,7H2,1-2H3. The minimum Gasteiger partial charge on any atom is -0.350 e. The molecule has 18 heavy (non-hydrogen) atoms. The van der Waals surface area contributed by atoms with Gasteiger partial charge in [-0.1, -0.05) is 22.9 Å². The van der Waals surface area contributed by atoms with Gasteiger partial charge < -0.3 is 4.90 Å². The highest BCUT2D eigenvalue weighted by atomic mass is 79.9. The van der Waals surface area contributed by atoms with E-state index in [1.54, 1.807) is 11.3 Å². The first kappa shape index (κ1) is 12.8. The number of halogens is 1. The van der Waals surface area contributed by atoms with Crippen LogP contribution in [-0.2, 0) is 5.33 Å². The van der Waals surface area contributed by atoms with Gasteiger partial charge in [0.15, 0.2) is 10.8 Å². The minimum atomic E-state index is 0.547. The Bertz CT molecular complexity index is 551. The van der Waals surface area contributed by atoms with E-state index in [9.17, 15) is 0 Å². The van der Waals surface area contributed by atoms with Gasteiger partial charge in [-0.3, -0.25) is 4.40 Å².